The van der Waals surface area contributed by atoms with Gasteiger partial charge in [-0.15, -0.1) is 0 Å². The molecule has 1 N–H and O–H groups in total. The number of hydrogen-bond donors (Lipinski definition) is 1. The Hall–Kier alpha value is -2.05. The highest BCUT2D eigenvalue weighted by Gasteiger charge is 2.18. The van der Waals surface area contributed by atoms with E-state index in [1.165, 1.54) is 0 Å². The summed E-state index contributed by atoms with van der Waals surface area (Å²) in [4.78, 5) is 13.8. The predicted molar refractivity (Wildman–Crippen MR) is 103 cm³/mol. The Kier molecular flexibility index (Phi) is 5.30. The molecule has 1 aromatic heterocycles. The smallest absolute Gasteiger partial charge is 0.227 e. The van der Waals surface area contributed by atoms with Crippen LogP contribution in [0.25, 0.3) is 0 Å². The third-order valence-electron chi connectivity index (χ3n) is 4.37. The molecule has 25 heavy (non-hydrogen) atoms. The van der Waals surface area contributed by atoms with Crippen LogP contribution >= 0.6 is 11.6 Å². The summed E-state index contributed by atoms with van der Waals surface area (Å²) in [6, 6.07) is 5.71. The molecular formula is C18H24ClN5O. The third kappa shape index (κ3) is 4.14. The fraction of sp³-hybridized carbons (Fsp3) is 0.444. The number of rotatable bonds is 4. The maximum atomic E-state index is 6.19. The van der Waals surface area contributed by atoms with E-state index in [9.17, 15) is 0 Å². The standard InChI is InChI=1S/C18H24ClN5O/c1-12-9-15(16(25-4)11-14(12)19)21-17-10-13(2)20-18(22-17)24-7-5-23(3)6-8-24/h9-11H,5-8H2,1-4H3,(H,20,21,22). The number of nitrogens with one attached hydrogen (secondary N) is 1. The molecule has 1 saturated heterocycles. The first-order chi connectivity index (χ1) is 12.0. The number of anilines is 3. The second kappa shape index (κ2) is 7.45. The Morgan fingerprint density at radius 3 is 2.48 bits per heavy atom. The van der Waals surface area contributed by atoms with Crippen molar-refractivity contribution in [1.82, 2.24) is 14.9 Å². The van der Waals surface area contributed by atoms with Crippen LogP contribution < -0.4 is 15.0 Å². The number of methoxy groups -OCH3 is 1. The van der Waals surface area contributed by atoms with Gasteiger partial charge in [-0.05, 0) is 32.5 Å². The number of piperazine rings is 1. The fourth-order valence-electron chi connectivity index (χ4n) is 2.83. The SMILES string of the molecule is COc1cc(Cl)c(C)cc1Nc1cc(C)nc(N2CCN(C)CC2)n1. The molecule has 1 aliphatic rings. The van der Waals surface area contributed by atoms with E-state index >= 15 is 0 Å². The Bertz CT molecular complexity index is 759. The van der Waals surface area contributed by atoms with Gasteiger partial charge in [0.05, 0.1) is 12.8 Å². The molecule has 0 amide bonds. The topological polar surface area (TPSA) is 53.5 Å². The minimum absolute atomic E-state index is 0.680. The Morgan fingerprint density at radius 2 is 1.80 bits per heavy atom. The van der Waals surface area contributed by atoms with E-state index in [0.717, 1.165) is 54.9 Å². The van der Waals surface area contributed by atoms with E-state index in [0.29, 0.717) is 10.8 Å². The average Bonchev–Trinajstić information content (AvgIpc) is 2.58. The van der Waals surface area contributed by atoms with Crippen LogP contribution in [0.5, 0.6) is 5.75 Å². The first kappa shape index (κ1) is 17.8. The van der Waals surface area contributed by atoms with Crippen LogP contribution in [0.4, 0.5) is 17.5 Å². The lowest BCUT2D eigenvalue weighted by Gasteiger charge is -2.32. The molecule has 6 nitrogen and oxygen atoms in total. The van der Waals surface area contributed by atoms with Crippen molar-refractivity contribution in [2.45, 2.75) is 13.8 Å². The molecule has 0 bridgehead atoms. The van der Waals surface area contributed by atoms with Gasteiger partial charge < -0.3 is 19.9 Å². The van der Waals surface area contributed by atoms with E-state index in [4.69, 9.17) is 21.3 Å². The number of nitrogens with zero attached hydrogens (tertiary/aromatic N) is 4. The fourth-order valence-corrected chi connectivity index (χ4v) is 2.99. The molecule has 3 rings (SSSR count). The number of ether oxygens (including phenoxy) is 1. The largest absolute Gasteiger partial charge is 0.495 e. The van der Waals surface area contributed by atoms with Crippen molar-refractivity contribution >= 4 is 29.1 Å². The molecule has 0 radical (unpaired) electrons. The molecule has 0 spiro atoms. The molecule has 1 fully saturated rings. The third-order valence-corrected chi connectivity index (χ3v) is 4.78. The molecule has 0 atom stereocenters. The van der Waals surface area contributed by atoms with Crippen LogP contribution in [0.1, 0.15) is 11.3 Å². The van der Waals surface area contributed by atoms with Gasteiger partial charge in [0, 0.05) is 49.0 Å². The number of halogens is 1. The second-order valence-corrected chi connectivity index (χ2v) is 6.82. The van der Waals surface area contributed by atoms with Crippen LogP contribution in [0.2, 0.25) is 5.02 Å². The van der Waals surface area contributed by atoms with Gasteiger partial charge in [0.1, 0.15) is 11.6 Å². The van der Waals surface area contributed by atoms with Crippen molar-refractivity contribution in [3.05, 3.63) is 34.5 Å². The molecule has 1 aromatic carbocycles. The molecule has 0 saturated carbocycles. The number of aryl methyl sites for hydroxylation is 2. The average molecular weight is 362 g/mol. The molecule has 134 valence electrons. The van der Waals surface area contributed by atoms with Crippen LogP contribution in [-0.4, -0.2) is 55.2 Å². The van der Waals surface area contributed by atoms with Gasteiger partial charge in [-0.3, -0.25) is 0 Å². The Morgan fingerprint density at radius 1 is 1.08 bits per heavy atom. The van der Waals surface area contributed by atoms with Gasteiger partial charge in [0.2, 0.25) is 5.95 Å². The minimum Gasteiger partial charge on any atom is -0.495 e. The van der Waals surface area contributed by atoms with Crippen LogP contribution in [-0.2, 0) is 0 Å². The van der Waals surface area contributed by atoms with Crippen molar-refractivity contribution in [3.8, 4) is 5.75 Å². The zero-order chi connectivity index (χ0) is 18.0. The quantitative estimate of drug-likeness (QED) is 0.902. The summed E-state index contributed by atoms with van der Waals surface area (Å²) in [5.74, 6) is 2.20. The van der Waals surface area contributed by atoms with Gasteiger partial charge in [-0.1, -0.05) is 11.6 Å². The lowest BCUT2D eigenvalue weighted by Crippen LogP contribution is -2.45. The van der Waals surface area contributed by atoms with Crippen molar-refractivity contribution in [2.75, 3.05) is 50.6 Å². The molecule has 2 heterocycles. The van der Waals surface area contributed by atoms with Gasteiger partial charge in [-0.2, -0.15) is 4.98 Å². The predicted octanol–water partition coefficient (Wildman–Crippen LogP) is 3.25. The highest BCUT2D eigenvalue weighted by Crippen LogP contribution is 2.33. The highest BCUT2D eigenvalue weighted by atomic mass is 35.5. The highest BCUT2D eigenvalue weighted by molar-refractivity contribution is 6.31. The van der Waals surface area contributed by atoms with Crippen LogP contribution in [0.15, 0.2) is 18.2 Å². The zero-order valence-corrected chi connectivity index (χ0v) is 15.9. The normalized spacial score (nSPS) is 15.3. The summed E-state index contributed by atoms with van der Waals surface area (Å²) in [7, 11) is 3.77. The minimum atomic E-state index is 0.680. The summed E-state index contributed by atoms with van der Waals surface area (Å²) in [6.07, 6.45) is 0. The molecular weight excluding hydrogens is 338 g/mol. The summed E-state index contributed by atoms with van der Waals surface area (Å²) in [6.45, 7) is 7.85. The summed E-state index contributed by atoms with van der Waals surface area (Å²) >= 11 is 6.19. The van der Waals surface area contributed by atoms with Gasteiger partial charge in [0.15, 0.2) is 0 Å². The molecule has 7 heteroatoms. The van der Waals surface area contributed by atoms with Crippen molar-refractivity contribution in [1.29, 1.82) is 0 Å². The van der Waals surface area contributed by atoms with E-state index in [1.807, 2.05) is 32.0 Å². The van der Waals surface area contributed by atoms with E-state index < -0.39 is 0 Å². The second-order valence-electron chi connectivity index (χ2n) is 6.41. The number of aromatic nitrogens is 2. The van der Waals surface area contributed by atoms with Crippen LogP contribution in [0, 0.1) is 13.8 Å². The summed E-state index contributed by atoms with van der Waals surface area (Å²) in [5.41, 5.74) is 2.75. The molecule has 0 aliphatic carbocycles. The molecule has 1 aliphatic heterocycles. The van der Waals surface area contributed by atoms with E-state index in [2.05, 4.69) is 27.1 Å². The summed E-state index contributed by atoms with van der Waals surface area (Å²) < 4.78 is 5.44. The first-order valence-corrected chi connectivity index (χ1v) is 8.74. The van der Waals surface area contributed by atoms with E-state index in [1.54, 1.807) is 7.11 Å². The number of likely N-dealkylation sites (N-methyl/N-ethyl adjacent to an activating group) is 1. The summed E-state index contributed by atoms with van der Waals surface area (Å²) in [5, 5.41) is 4.03. The number of hydrogen-bond acceptors (Lipinski definition) is 6. The molecule has 0 unspecified atom stereocenters. The van der Waals surface area contributed by atoms with Crippen molar-refractivity contribution in [2.24, 2.45) is 0 Å². The Labute approximate surface area is 153 Å². The van der Waals surface area contributed by atoms with Crippen molar-refractivity contribution in [3.63, 3.8) is 0 Å². The monoisotopic (exact) mass is 361 g/mol. The lowest BCUT2D eigenvalue weighted by atomic mass is 10.2. The van der Waals surface area contributed by atoms with E-state index in [-0.39, 0.29) is 0 Å². The maximum Gasteiger partial charge on any atom is 0.227 e. The van der Waals surface area contributed by atoms with Crippen LogP contribution in [0.3, 0.4) is 0 Å². The first-order valence-electron chi connectivity index (χ1n) is 8.36. The number of benzene rings is 1. The lowest BCUT2D eigenvalue weighted by molar-refractivity contribution is 0.311. The van der Waals surface area contributed by atoms with Gasteiger partial charge in [0.25, 0.3) is 0 Å². The zero-order valence-electron chi connectivity index (χ0n) is 15.1. The van der Waals surface area contributed by atoms with Gasteiger partial charge >= 0.3 is 0 Å². The van der Waals surface area contributed by atoms with Gasteiger partial charge in [-0.25, -0.2) is 4.98 Å². The van der Waals surface area contributed by atoms with Crippen molar-refractivity contribution < 1.29 is 4.74 Å². The molecule has 2 aromatic rings. The maximum absolute atomic E-state index is 6.19. The Balaban J connectivity index is 1.87.